The molecule has 1 fully saturated rings. The number of carbonyl (C=O) groups is 2. The molecule has 40 heavy (non-hydrogen) atoms. The molecule has 1 aromatic heterocycles. The summed E-state index contributed by atoms with van der Waals surface area (Å²) in [5.74, 6) is 0.149. The Bertz CT molecular complexity index is 1490. The summed E-state index contributed by atoms with van der Waals surface area (Å²) in [7, 11) is 0. The van der Waals surface area contributed by atoms with Crippen LogP contribution < -0.4 is 5.32 Å². The van der Waals surface area contributed by atoms with Crippen LogP contribution in [0.5, 0.6) is 0 Å². The van der Waals surface area contributed by atoms with E-state index in [1.54, 1.807) is 36.4 Å². The number of amides is 1. The van der Waals surface area contributed by atoms with Crippen LogP contribution >= 0.6 is 0 Å². The fraction of sp³-hybridized carbons (Fsp3) is 0.312. The molecule has 206 valence electrons. The van der Waals surface area contributed by atoms with Gasteiger partial charge in [0.2, 0.25) is 17.6 Å². The van der Waals surface area contributed by atoms with E-state index in [-0.39, 0.29) is 28.8 Å². The van der Waals surface area contributed by atoms with Crippen molar-refractivity contribution in [1.82, 2.24) is 15.0 Å². The van der Waals surface area contributed by atoms with Crippen LogP contribution in [0.15, 0.2) is 77.3 Å². The van der Waals surface area contributed by atoms with Crippen LogP contribution in [0.4, 0.5) is 10.1 Å². The Morgan fingerprint density at radius 2 is 1.77 bits per heavy atom. The Kier molecular flexibility index (Phi) is 7.89. The van der Waals surface area contributed by atoms with E-state index in [4.69, 9.17) is 4.52 Å². The molecule has 0 radical (unpaired) electrons. The third-order valence-corrected chi connectivity index (χ3v) is 7.21. The highest BCUT2D eigenvalue weighted by Crippen LogP contribution is 2.25. The fourth-order valence-electron chi connectivity index (χ4n) is 4.91. The molecule has 1 atom stereocenters. The van der Waals surface area contributed by atoms with Crippen LogP contribution in [-0.4, -0.2) is 39.8 Å². The van der Waals surface area contributed by atoms with Gasteiger partial charge in [-0.25, -0.2) is 4.39 Å². The normalized spacial score (nSPS) is 16.1. The molecule has 0 aliphatic carbocycles. The van der Waals surface area contributed by atoms with Crippen molar-refractivity contribution < 1.29 is 18.5 Å². The SMILES string of the molecule is CC(C)(C)c1ccc(C(=O)c2cccc(NC(=O)C3CCCN(Cc4nc(-c5ccc(F)cc5)no4)C3)c2)cc1. The number of hydrogen-bond acceptors (Lipinski definition) is 6. The summed E-state index contributed by atoms with van der Waals surface area (Å²) in [5.41, 5.74) is 3.59. The van der Waals surface area contributed by atoms with Crippen molar-refractivity contribution in [3.63, 3.8) is 0 Å². The highest BCUT2D eigenvalue weighted by Gasteiger charge is 2.27. The van der Waals surface area contributed by atoms with Crippen molar-refractivity contribution in [3.8, 4) is 11.4 Å². The van der Waals surface area contributed by atoms with Crippen LogP contribution in [0.1, 0.15) is 61.0 Å². The number of hydrogen-bond donors (Lipinski definition) is 1. The number of anilines is 1. The van der Waals surface area contributed by atoms with Crippen molar-refractivity contribution in [2.24, 2.45) is 5.92 Å². The third kappa shape index (κ3) is 6.51. The maximum atomic E-state index is 13.2. The predicted molar refractivity (Wildman–Crippen MR) is 151 cm³/mol. The first-order chi connectivity index (χ1) is 19.2. The van der Waals surface area contributed by atoms with Gasteiger partial charge in [0.15, 0.2) is 5.78 Å². The lowest BCUT2D eigenvalue weighted by molar-refractivity contribution is -0.121. The Balaban J connectivity index is 1.19. The Labute approximate surface area is 233 Å². The number of likely N-dealkylation sites (tertiary alicyclic amines) is 1. The number of nitrogens with zero attached hydrogens (tertiary/aromatic N) is 3. The zero-order valence-corrected chi connectivity index (χ0v) is 23.0. The summed E-state index contributed by atoms with van der Waals surface area (Å²) in [6, 6.07) is 20.7. The largest absolute Gasteiger partial charge is 0.338 e. The van der Waals surface area contributed by atoms with Gasteiger partial charge in [-0.3, -0.25) is 14.5 Å². The summed E-state index contributed by atoms with van der Waals surface area (Å²) in [4.78, 5) is 32.8. The molecule has 0 bridgehead atoms. The van der Waals surface area contributed by atoms with Crippen LogP contribution in [0.3, 0.4) is 0 Å². The summed E-state index contributed by atoms with van der Waals surface area (Å²) < 4.78 is 18.6. The maximum Gasteiger partial charge on any atom is 0.241 e. The lowest BCUT2D eigenvalue weighted by Crippen LogP contribution is -2.40. The van der Waals surface area contributed by atoms with Gasteiger partial charge < -0.3 is 9.84 Å². The number of rotatable bonds is 7. The first kappa shape index (κ1) is 27.4. The zero-order valence-electron chi connectivity index (χ0n) is 23.0. The van der Waals surface area contributed by atoms with Crippen molar-refractivity contribution in [2.45, 2.75) is 45.6 Å². The molecule has 7 nitrogen and oxygen atoms in total. The Hall–Kier alpha value is -4.17. The molecule has 0 spiro atoms. The summed E-state index contributed by atoms with van der Waals surface area (Å²) in [6.07, 6.45) is 1.63. The molecule has 1 amide bonds. The standard InChI is InChI=1S/C32H33FN4O3/c1-32(2,3)25-13-9-21(10-14-25)29(38)23-6-4-8-27(18-23)34-31(39)24-7-5-17-37(19-24)20-28-35-30(36-40-28)22-11-15-26(33)16-12-22/h4,6,8-16,18,24H,5,7,17,19-20H2,1-3H3,(H,34,39). The molecule has 1 N–H and O–H groups in total. The van der Waals surface area contributed by atoms with Crippen molar-refractivity contribution in [3.05, 3.63) is 101 Å². The topological polar surface area (TPSA) is 88.3 Å². The first-order valence-electron chi connectivity index (χ1n) is 13.5. The van der Waals surface area contributed by atoms with Crippen molar-refractivity contribution in [2.75, 3.05) is 18.4 Å². The minimum atomic E-state index is -0.325. The molecule has 1 aliphatic rings. The molecule has 1 unspecified atom stereocenters. The molecule has 5 rings (SSSR count). The molecule has 2 heterocycles. The minimum absolute atomic E-state index is 0.0127. The average Bonchev–Trinajstić information content (AvgIpc) is 3.41. The summed E-state index contributed by atoms with van der Waals surface area (Å²) >= 11 is 0. The summed E-state index contributed by atoms with van der Waals surface area (Å²) in [5, 5.41) is 7.01. The molecule has 4 aromatic rings. The molecule has 1 aliphatic heterocycles. The van der Waals surface area contributed by atoms with Gasteiger partial charge in [0, 0.05) is 28.9 Å². The van der Waals surface area contributed by atoms with E-state index >= 15 is 0 Å². The quantitative estimate of drug-likeness (QED) is 0.279. The highest BCUT2D eigenvalue weighted by atomic mass is 19.1. The van der Waals surface area contributed by atoms with E-state index in [9.17, 15) is 14.0 Å². The van der Waals surface area contributed by atoms with E-state index in [1.165, 1.54) is 17.7 Å². The maximum absolute atomic E-state index is 13.2. The Morgan fingerprint density at radius 3 is 2.50 bits per heavy atom. The number of ketones is 1. The van der Waals surface area contributed by atoms with Crippen LogP contribution in [0.25, 0.3) is 11.4 Å². The molecular formula is C32H33FN4O3. The second kappa shape index (κ2) is 11.5. The number of carbonyl (C=O) groups excluding carboxylic acids is 2. The fourth-order valence-corrected chi connectivity index (χ4v) is 4.91. The second-order valence-electron chi connectivity index (χ2n) is 11.3. The molecular weight excluding hydrogens is 507 g/mol. The molecule has 0 saturated carbocycles. The van der Waals surface area contributed by atoms with Gasteiger partial charge >= 0.3 is 0 Å². The highest BCUT2D eigenvalue weighted by molar-refractivity contribution is 6.09. The van der Waals surface area contributed by atoms with Gasteiger partial charge in [0.05, 0.1) is 12.5 Å². The van der Waals surface area contributed by atoms with Gasteiger partial charge in [0.25, 0.3) is 0 Å². The Morgan fingerprint density at radius 1 is 1.02 bits per heavy atom. The van der Waals surface area contributed by atoms with Gasteiger partial charge in [-0.05, 0) is 66.8 Å². The smallest absolute Gasteiger partial charge is 0.241 e. The van der Waals surface area contributed by atoms with E-state index < -0.39 is 0 Å². The van der Waals surface area contributed by atoms with E-state index in [2.05, 4.69) is 41.1 Å². The number of piperidine rings is 1. The molecule has 1 saturated heterocycles. The van der Waals surface area contributed by atoms with Gasteiger partial charge in [-0.2, -0.15) is 4.98 Å². The minimum Gasteiger partial charge on any atom is -0.338 e. The number of halogens is 1. The second-order valence-corrected chi connectivity index (χ2v) is 11.3. The monoisotopic (exact) mass is 540 g/mol. The molecule has 8 heteroatoms. The predicted octanol–water partition coefficient (Wildman–Crippen LogP) is 6.25. The van der Waals surface area contributed by atoms with E-state index in [0.717, 1.165) is 19.4 Å². The first-order valence-corrected chi connectivity index (χ1v) is 13.5. The number of benzene rings is 3. The zero-order chi connectivity index (χ0) is 28.3. The lowest BCUT2D eigenvalue weighted by atomic mass is 9.86. The van der Waals surface area contributed by atoms with Gasteiger partial charge in [-0.1, -0.05) is 62.3 Å². The van der Waals surface area contributed by atoms with Crippen LogP contribution in [0.2, 0.25) is 0 Å². The average molecular weight is 541 g/mol. The van der Waals surface area contributed by atoms with Crippen LogP contribution in [0, 0.1) is 11.7 Å². The summed E-state index contributed by atoms with van der Waals surface area (Å²) in [6.45, 7) is 8.21. The van der Waals surface area contributed by atoms with E-state index in [1.807, 2.05) is 24.3 Å². The van der Waals surface area contributed by atoms with Gasteiger partial charge in [0.1, 0.15) is 5.82 Å². The van der Waals surface area contributed by atoms with Crippen molar-refractivity contribution >= 4 is 17.4 Å². The number of aromatic nitrogens is 2. The number of nitrogens with one attached hydrogen (secondary N) is 1. The van der Waals surface area contributed by atoms with Gasteiger partial charge in [-0.15, -0.1) is 0 Å². The lowest BCUT2D eigenvalue weighted by Gasteiger charge is -2.30. The third-order valence-electron chi connectivity index (χ3n) is 7.21. The van der Waals surface area contributed by atoms with Crippen LogP contribution in [-0.2, 0) is 16.8 Å². The van der Waals surface area contributed by atoms with Crippen molar-refractivity contribution in [1.29, 1.82) is 0 Å². The van der Waals surface area contributed by atoms with E-state index in [0.29, 0.717) is 47.2 Å². The molecule has 3 aromatic carbocycles.